The molecule has 2 heterocycles. The van der Waals surface area contributed by atoms with Crippen LogP contribution in [0.5, 0.6) is 11.5 Å². The van der Waals surface area contributed by atoms with E-state index in [4.69, 9.17) is 14.2 Å². The van der Waals surface area contributed by atoms with Crippen molar-refractivity contribution < 1.29 is 23.8 Å². The van der Waals surface area contributed by atoms with Crippen molar-refractivity contribution in [3.8, 4) is 11.5 Å². The second kappa shape index (κ2) is 10.1. The lowest BCUT2D eigenvalue weighted by Crippen LogP contribution is -2.42. The van der Waals surface area contributed by atoms with Crippen LogP contribution in [0.15, 0.2) is 36.7 Å². The first-order chi connectivity index (χ1) is 15.4. The Labute approximate surface area is 186 Å². The molecular formula is C23H28N4O5. The van der Waals surface area contributed by atoms with Gasteiger partial charge in [-0.05, 0) is 30.5 Å². The van der Waals surface area contributed by atoms with Gasteiger partial charge in [0.25, 0.3) is 5.91 Å². The largest absolute Gasteiger partial charge is 0.497 e. The Morgan fingerprint density at radius 3 is 2.53 bits per heavy atom. The molecule has 0 aliphatic heterocycles. The number of aromatic nitrogens is 3. The number of fused-ring (bicyclic) bond motifs is 1. The Balaban J connectivity index is 1.81. The zero-order valence-corrected chi connectivity index (χ0v) is 18.9. The Hall–Kier alpha value is -3.62. The first kappa shape index (κ1) is 23.1. The van der Waals surface area contributed by atoms with Gasteiger partial charge in [-0.1, -0.05) is 13.8 Å². The van der Waals surface area contributed by atoms with Gasteiger partial charge in [-0.2, -0.15) is 5.10 Å². The summed E-state index contributed by atoms with van der Waals surface area (Å²) in [5.41, 5.74) is 1.89. The molecule has 32 heavy (non-hydrogen) atoms. The molecule has 0 aliphatic carbocycles. The monoisotopic (exact) mass is 440 g/mol. The van der Waals surface area contributed by atoms with Crippen LogP contribution in [-0.2, 0) is 16.1 Å². The van der Waals surface area contributed by atoms with Crippen LogP contribution < -0.4 is 14.8 Å². The zero-order valence-electron chi connectivity index (χ0n) is 18.9. The number of amides is 1. The smallest absolute Gasteiger partial charge is 0.328 e. The van der Waals surface area contributed by atoms with Crippen LogP contribution in [0.4, 0.5) is 0 Å². The average molecular weight is 441 g/mol. The number of hydrogen-bond donors (Lipinski definition) is 1. The number of ether oxygens (including phenoxy) is 3. The van der Waals surface area contributed by atoms with Crippen LogP contribution in [0.2, 0.25) is 0 Å². The number of methoxy groups -OCH3 is 3. The van der Waals surface area contributed by atoms with Gasteiger partial charge in [0, 0.05) is 23.2 Å². The molecule has 1 atom stereocenters. The number of nitrogens with one attached hydrogen (secondary N) is 1. The minimum Gasteiger partial charge on any atom is -0.497 e. The first-order valence-corrected chi connectivity index (χ1v) is 10.3. The molecule has 9 nitrogen and oxygen atoms in total. The maximum atomic E-state index is 12.7. The van der Waals surface area contributed by atoms with Gasteiger partial charge in [-0.25, -0.2) is 14.5 Å². The first-order valence-electron chi connectivity index (χ1n) is 10.3. The van der Waals surface area contributed by atoms with Crippen molar-refractivity contribution in [1.29, 1.82) is 0 Å². The molecule has 3 rings (SSSR count). The van der Waals surface area contributed by atoms with Crippen molar-refractivity contribution in [2.45, 2.75) is 32.9 Å². The minimum absolute atomic E-state index is 0.216. The predicted molar refractivity (Wildman–Crippen MR) is 119 cm³/mol. The summed E-state index contributed by atoms with van der Waals surface area (Å²) in [6.07, 6.45) is 3.61. The quantitative estimate of drug-likeness (QED) is 0.510. The van der Waals surface area contributed by atoms with Crippen molar-refractivity contribution in [3.05, 3.63) is 47.8 Å². The van der Waals surface area contributed by atoms with E-state index < -0.39 is 12.0 Å². The Bertz CT molecular complexity index is 1110. The van der Waals surface area contributed by atoms with Crippen molar-refractivity contribution in [2.24, 2.45) is 5.92 Å². The van der Waals surface area contributed by atoms with Crippen LogP contribution >= 0.6 is 0 Å². The SMILES string of the molecule is COC(=O)C(CC(C)C)NC(=O)c1cnc2c(cnn2Cc2ccc(OC)cc2OC)c1. The molecule has 1 unspecified atom stereocenters. The van der Waals surface area contributed by atoms with Crippen molar-refractivity contribution in [3.63, 3.8) is 0 Å². The summed E-state index contributed by atoms with van der Waals surface area (Å²) in [5, 5.41) is 7.87. The Morgan fingerprint density at radius 1 is 1.09 bits per heavy atom. The molecular weight excluding hydrogens is 412 g/mol. The van der Waals surface area contributed by atoms with E-state index in [1.165, 1.54) is 13.3 Å². The standard InChI is InChI=1S/C23H28N4O5/c1-14(2)8-19(23(29)32-5)26-22(28)17-9-16-12-25-27(21(16)24-11-17)13-15-6-7-18(30-3)10-20(15)31-4/h6-7,9-12,14,19H,8,13H2,1-5H3,(H,26,28). The van der Waals surface area contributed by atoms with Gasteiger partial charge in [-0.15, -0.1) is 0 Å². The molecule has 0 spiro atoms. The number of nitrogens with zero attached hydrogens (tertiary/aromatic N) is 3. The van der Waals surface area contributed by atoms with Gasteiger partial charge in [0.1, 0.15) is 17.5 Å². The van der Waals surface area contributed by atoms with E-state index in [0.717, 1.165) is 5.56 Å². The number of pyridine rings is 1. The third kappa shape index (κ3) is 5.16. The van der Waals surface area contributed by atoms with Crippen molar-refractivity contribution in [1.82, 2.24) is 20.1 Å². The van der Waals surface area contributed by atoms with Gasteiger partial charge in [0.05, 0.1) is 39.6 Å². The fraction of sp³-hybridized carbons (Fsp3) is 0.391. The normalized spacial score (nSPS) is 11.9. The Morgan fingerprint density at radius 2 is 1.88 bits per heavy atom. The van der Waals surface area contributed by atoms with Gasteiger partial charge in [0.2, 0.25) is 0 Å². The fourth-order valence-corrected chi connectivity index (χ4v) is 3.42. The topological polar surface area (TPSA) is 105 Å². The predicted octanol–water partition coefficient (Wildman–Crippen LogP) is 2.81. The summed E-state index contributed by atoms with van der Waals surface area (Å²) in [5.74, 6) is 0.742. The molecule has 0 saturated heterocycles. The van der Waals surface area contributed by atoms with Crippen LogP contribution in [0, 0.1) is 5.92 Å². The number of carbonyl (C=O) groups excluding carboxylic acids is 2. The molecule has 1 N–H and O–H groups in total. The lowest BCUT2D eigenvalue weighted by molar-refractivity contribution is -0.143. The summed E-state index contributed by atoms with van der Waals surface area (Å²) in [7, 11) is 4.51. The van der Waals surface area contributed by atoms with Gasteiger partial charge < -0.3 is 19.5 Å². The lowest BCUT2D eigenvalue weighted by Gasteiger charge is -2.18. The van der Waals surface area contributed by atoms with Crippen LogP contribution in [0.1, 0.15) is 36.2 Å². The van der Waals surface area contributed by atoms with Gasteiger partial charge in [-0.3, -0.25) is 4.79 Å². The fourth-order valence-electron chi connectivity index (χ4n) is 3.42. The third-order valence-electron chi connectivity index (χ3n) is 5.05. The van der Waals surface area contributed by atoms with E-state index in [9.17, 15) is 9.59 Å². The number of hydrogen-bond acceptors (Lipinski definition) is 7. The van der Waals surface area contributed by atoms with E-state index in [1.54, 1.807) is 31.2 Å². The highest BCUT2D eigenvalue weighted by atomic mass is 16.5. The molecule has 0 bridgehead atoms. The Kier molecular flexibility index (Phi) is 7.29. The molecule has 0 fully saturated rings. The van der Waals surface area contributed by atoms with Crippen LogP contribution in [0.25, 0.3) is 11.0 Å². The van der Waals surface area contributed by atoms with E-state index in [2.05, 4.69) is 15.4 Å². The van der Waals surface area contributed by atoms with E-state index in [1.807, 2.05) is 32.0 Å². The van der Waals surface area contributed by atoms with Gasteiger partial charge in [0.15, 0.2) is 5.65 Å². The summed E-state index contributed by atoms with van der Waals surface area (Å²) >= 11 is 0. The van der Waals surface area contributed by atoms with Crippen molar-refractivity contribution >= 4 is 22.9 Å². The molecule has 1 aromatic carbocycles. The maximum Gasteiger partial charge on any atom is 0.328 e. The summed E-state index contributed by atoms with van der Waals surface area (Å²) in [6, 6.07) is 6.57. The summed E-state index contributed by atoms with van der Waals surface area (Å²) in [6.45, 7) is 4.39. The molecule has 1 amide bonds. The number of rotatable bonds is 9. The van der Waals surface area contributed by atoms with E-state index in [-0.39, 0.29) is 11.8 Å². The molecule has 9 heteroatoms. The van der Waals surface area contributed by atoms with E-state index >= 15 is 0 Å². The second-order valence-electron chi connectivity index (χ2n) is 7.80. The number of carbonyl (C=O) groups is 2. The molecule has 3 aromatic rings. The van der Waals surface area contributed by atoms with Crippen LogP contribution in [0.3, 0.4) is 0 Å². The maximum absolute atomic E-state index is 12.7. The molecule has 2 aromatic heterocycles. The van der Waals surface area contributed by atoms with Crippen LogP contribution in [-0.4, -0.2) is 54.0 Å². The highest BCUT2D eigenvalue weighted by Gasteiger charge is 2.23. The summed E-state index contributed by atoms with van der Waals surface area (Å²) in [4.78, 5) is 29.2. The second-order valence-corrected chi connectivity index (χ2v) is 7.80. The van der Waals surface area contributed by atoms with E-state index in [0.29, 0.717) is 41.1 Å². The lowest BCUT2D eigenvalue weighted by atomic mass is 10.0. The highest BCUT2D eigenvalue weighted by molar-refractivity contribution is 5.98. The summed E-state index contributed by atoms with van der Waals surface area (Å²) < 4.78 is 17.2. The molecule has 0 saturated carbocycles. The van der Waals surface area contributed by atoms with Crippen molar-refractivity contribution in [2.75, 3.05) is 21.3 Å². The number of esters is 1. The molecule has 0 aliphatic rings. The molecule has 170 valence electrons. The molecule has 0 radical (unpaired) electrons. The van der Waals surface area contributed by atoms with Gasteiger partial charge >= 0.3 is 5.97 Å². The highest BCUT2D eigenvalue weighted by Crippen LogP contribution is 2.26. The number of benzene rings is 1. The minimum atomic E-state index is -0.714. The average Bonchev–Trinajstić information content (AvgIpc) is 3.19. The third-order valence-corrected chi connectivity index (χ3v) is 5.05. The zero-order chi connectivity index (χ0) is 23.3.